The van der Waals surface area contributed by atoms with Gasteiger partial charge in [-0.05, 0) is 11.1 Å². The van der Waals surface area contributed by atoms with E-state index >= 15 is 0 Å². The molecule has 0 aliphatic heterocycles. The van der Waals surface area contributed by atoms with Crippen LogP contribution in [-0.2, 0) is 11.8 Å². The predicted molar refractivity (Wildman–Crippen MR) is 55.6 cm³/mol. The number of pyridine rings is 1. The molecule has 0 fully saturated rings. The highest BCUT2D eigenvalue weighted by Crippen LogP contribution is 2.29. The molecule has 0 saturated heterocycles. The van der Waals surface area contributed by atoms with Gasteiger partial charge in [0.2, 0.25) is 0 Å². The van der Waals surface area contributed by atoms with E-state index in [4.69, 9.17) is 11.0 Å². The Kier molecular flexibility index (Phi) is 3.97. The van der Waals surface area contributed by atoms with Crippen molar-refractivity contribution >= 4 is 21.6 Å². The van der Waals surface area contributed by atoms with E-state index in [1.807, 2.05) is 6.07 Å². The number of aromatic nitrogens is 1. The molecule has 0 radical (unpaired) electrons. The molecule has 1 aromatic rings. The second-order valence-corrected chi connectivity index (χ2v) is 3.39. The van der Waals surface area contributed by atoms with Crippen LogP contribution >= 0.6 is 15.9 Å². The summed E-state index contributed by atoms with van der Waals surface area (Å²) in [4.78, 5) is 3.56. The summed E-state index contributed by atoms with van der Waals surface area (Å²) in [7, 11) is 0. The highest BCUT2D eigenvalue weighted by molar-refractivity contribution is 9.08. The maximum Gasteiger partial charge on any atom is 0.282 e. The Labute approximate surface area is 94.0 Å². The summed E-state index contributed by atoms with van der Waals surface area (Å²) >= 11 is 3.15. The van der Waals surface area contributed by atoms with Gasteiger partial charge in [0.25, 0.3) is 6.43 Å². The summed E-state index contributed by atoms with van der Waals surface area (Å²) in [6.07, 6.45) is -1.31. The van der Waals surface area contributed by atoms with Crippen molar-refractivity contribution in [2.75, 3.05) is 5.73 Å². The lowest BCUT2D eigenvalue weighted by molar-refractivity contribution is 0.147. The Hall–Kier alpha value is -1.22. The van der Waals surface area contributed by atoms with Crippen LogP contribution in [0.3, 0.4) is 0 Å². The maximum absolute atomic E-state index is 12.4. The van der Waals surface area contributed by atoms with Gasteiger partial charge in [0.15, 0.2) is 0 Å². The third-order valence-corrected chi connectivity index (χ3v) is 2.52. The van der Waals surface area contributed by atoms with Crippen LogP contribution in [-0.4, -0.2) is 4.98 Å². The minimum absolute atomic E-state index is 0.0328. The fourth-order valence-corrected chi connectivity index (χ4v) is 1.85. The van der Waals surface area contributed by atoms with E-state index < -0.39 is 12.1 Å². The van der Waals surface area contributed by atoms with Gasteiger partial charge in [0.1, 0.15) is 5.69 Å². The second kappa shape index (κ2) is 5.03. The summed E-state index contributed by atoms with van der Waals surface area (Å²) in [6, 6.07) is 1.93. The van der Waals surface area contributed by atoms with Gasteiger partial charge < -0.3 is 5.73 Å². The van der Waals surface area contributed by atoms with Crippen molar-refractivity contribution < 1.29 is 8.78 Å². The molecule has 0 bridgehead atoms. The van der Waals surface area contributed by atoms with Gasteiger partial charge in [-0.2, -0.15) is 5.26 Å². The van der Waals surface area contributed by atoms with Crippen LogP contribution in [0.1, 0.15) is 23.2 Å². The molecule has 0 atom stereocenters. The standard InChI is InChI=1S/C9H8BrF2N3/c10-3-6-5(1-2-13)4-15-8(7(6)14)9(11)12/h4,9H,1,3,14H2. The van der Waals surface area contributed by atoms with Gasteiger partial charge in [0.05, 0.1) is 18.2 Å². The van der Waals surface area contributed by atoms with E-state index in [0.717, 1.165) is 0 Å². The first kappa shape index (κ1) is 11.9. The molecule has 1 rings (SSSR count). The first-order valence-corrected chi connectivity index (χ1v) is 5.21. The number of nitrogens with zero attached hydrogens (tertiary/aromatic N) is 2. The Balaban J connectivity index is 3.27. The molecular weight excluding hydrogens is 268 g/mol. The van der Waals surface area contributed by atoms with Gasteiger partial charge in [-0.3, -0.25) is 4.98 Å². The average Bonchev–Trinajstić information content (AvgIpc) is 2.18. The van der Waals surface area contributed by atoms with E-state index in [-0.39, 0.29) is 12.1 Å². The molecule has 0 unspecified atom stereocenters. The van der Waals surface area contributed by atoms with Crippen LogP contribution in [0.25, 0.3) is 0 Å². The van der Waals surface area contributed by atoms with Crippen molar-refractivity contribution in [3.05, 3.63) is 23.0 Å². The van der Waals surface area contributed by atoms with Gasteiger partial charge in [0, 0.05) is 11.5 Å². The largest absolute Gasteiger partial charge is 0.397 e. The number of nitrogen functional groups attached to an aromatic ring is 1. The Morgan fingerprint density at radius 3 is 2.73 bits per heavy atom. The second-order valence-electron chi connectivity index (χ2n) is 2.83. The quantitative estimate of drug-likeness (QED) is 0.863. The van der Waals surface area contributed by atoms with Crippen molar-refractivity contribution in [3.63, 3.8) is 0 Å². The molecule has 1 heterocycles. The van der Waals surface area contributed by atoms with Crippen molar-refractivity contribution in [2.45, 2.75) is 18.2 Å². The number of anilines is 1. The zero-order valence-corrected chi connectivity index (χ0v) is 9.26. The van der Waals surface area contributed by atoms with E-state index in [9.17, 15) is 8.78 Å². The number of nitrogens with two attached hydrogens (primary N) is 1. The molecule has 6 heteroatoms. The molecule has 3 nitrogen and oxygen atoms in total. The maximum atomic E-state index is 12.4. The molecule has 0 spiro atoms. The molecule has 80 valence electrons. The Morgan fingerprint density at radius 1 is 1.60 bits per heavy atom. The third-order valence-electron chi connectivity index (χ3n) is 1.96. The van der Waals surface area contributed by atoms with Crippen LogP contribution in [0.4, 0.5) is 14.5 Å². The number of halogens is 3. The molecule has 1 aromatic heterocycles. The molecule has 0 aliphatic rings. The van der Waals surface area contributed by atoms with E-state index in [0.29, 0.717) is 16.5 Å². The van der Waals surface area contributed by atoms with Crippen molar-refractivity contribution in [2.24, 2.45) is 0 Å². The first-order valence-electron chi connectivity index (χ1n) is 4.09. The van der Waals surface area contributed by atoms with Crippen LogP contribution in [0.5, 0.6) is 0 Å². The summed E-state index contributed by atoms with van der Waals surface area (Å²) in [5.74, 6) is 0. The third kappa shape index (κ3) is 2.42. The highest BCUT2D eigenvalue weighted by atomic mass is 79.9. The minimum atomic E-state index is -2.70. The van der Waals surface area contributed by atoms with Crippen molar-refractivity contribution in [1.29, 1.82) is 5.26 Å². The van der Waals surface area contributed by atoms with E-state index in [2.05, 4.69) is 20.9 Å². The topological polar surface area (TPSA) is 62.7 Å². The number of alkyl halides is 3. The fourth-order valence-electron chi connectivity index (χ4n) is 1.19. The molecule has 2 N–H and O–H groups in total. The lowest BCUT2D eigenvalue weighted by atomic mass is 10.1. The normalized spacial score (nSPS) is 10.3. The SMILES string of the molecule is N#CCc1cnc(C(F)F)c(N)c1CBr. The summed E-state index contributed by atoms with van der Waals surface area (Å²) in [6.45, 7) is 0. The molecule has 0 amide bonds. The lowest BCUT2D eigenvalue weighted by Gasteiger charge is -2.11. The smallest absolute Gasteiger partial charge is 0.282 e. The molecule has 0 aromatic carbocycles. The number of hydrogen-bond acceptors (Lipinski definition) is 3. The number of hydrogen-bond donors (Lipinski definition) is 1. The van der Waals surface area contributed by atoms with E-state index in [1.165, 1.54) is 6.20 Å². The fraction of sp³-hybridized carbons (Fsp3) is 0.333. The molecule has 15 heavy (non-hydrogen) atoms. The summed E-state index contributed by atoms with van der Waals surface area (Å²) in [5.41, 5.74) is 6.18. The average molecular weight is 276 g/mol. The molecular formula is C9H8BrF2N3. The van der Waals surface area contributed by atoms with E-state index in [1.54, 1.807) is 0 Å². The minimum Gasteiger partial charge on any atom is -0.397 e. The van der Waals surface area contributed by atoms with Gasteiger partial charge in [-0.25, -0.2) is 8.78 Å². The summed E-state index contributed by atoms with van der Waals surface area (Å²) in [5, 5.41) is 8.86. The van der Waals surface area contributed by atoms with Crippen LogP contribution < -0.4 is 5.73 Å². The predicted octanol–water partition coefficient (Wildman–Crippen LogP) is 2.56. The summed E-state index contributed by atoms with van der Waals surface area (Å²) < 4.78 is 24.9. The van der Waals surface area contributed by atoms with Gasteiger partial charge >= 0.3 is 0 Å². The van der Waals surface area contributed by atoms with Crippen LogP contribution in [0.2, 0.25) is 0 Å². The van der Waals surface area contributed by atoms with Gasteiger partial charge in [-0.15, -0.1) is 0 Å². The zero-order valence-electron chi connectivity index (χ0n) is 7.67. The van der Waals surface area contributed by atoms with Crippen LogP contribution in [0, 0.1) is 11.3 Å². The zero-order chi connectivity index (χ0) is 11.4. The van der Waals surface area contributed by atoms with Gasteiger partial charge in [-0.1, -0.05) is 15.9 Å². The van der Waals surface area contributed by atoms with Crippen molar-refractivity contribution in [3.8, 4) is 6.07 Å². The first-order chi connectivity index (χ1) is 7.11. The highest BCUT2D eigenvalue weighted by Gasteiger charge is 2.17. The molecule has 0 aliphatic carbocycles. The lowest BCUT2D eigenvalue weighted by Crippen LogP contribution is -2.05. The van der Waals surface area contributed by atoms with Crippen molar-refractivity contribution in [1.82, 2.24) is 4.98 Å². The monoisotopic (exact) mass is 275 g/mol. The Bertz CT molecular complexity index is 401. The molecule has 0 saturated carbocycles. The number of rotatable bonds is 3. The Morgan fingerprint density at radius 2 is 2.27 bits per heavy atom. The van der Waals surface area contributed by atoms with Crippen LogP contribution in [0.15, 0.2) is 6.20 Å². The number of nitriles is 1.